The van der Waals surface area contributed by atoms with Gasteiger partial charge in [-0.15, -0.1) is 21.5 Å². The second kappa shape index (κ2) is 3.66. The van der Waals surface area contributed by atoms with Crippen molar-refractivity contribution in [3.63, 3.8) is 0 Å². The van der Waals surface area contributed by atoms with Crippen LogP contribution in [0, 0.1) is 5.92 Å². The van der Waals surface area contributed by atoms with Crippen LogP contribution in [0.1, 0.15) is 23.8 Å². The van der Waals surface area contributed by atoms with Gasteiger partial charge in [0.2, 0.25) is 5.78 Å². The minimum atomic E-state index is 0.0579. The molecular formula is C13H14N4OS. The van der Waals surface area contributed by atoms with Crippen molar-refractivity contribution in [2.45, 2.75) is 26.2 Å². The lowest BCUT2D eigenvalue weighted by Crippen LogP contribution is -2.20. The van der Waals surface area contributed by atoms with Gasteiger partial charge in [0.15, 0.2) is 0 Å². The van der Waals surface area contributed by atoms with Gasteiger partial charge < -0.3 is 0 Å². The minimum Gasteiger partial charge on any atom is -0.279 e. The van der Waals surface area contributed by atoms with Crippen molar-refractivity contribution in [3.05, 3.63) is 27.1 Å². The largest absolute Gasteiger partial charge is 0.279 e. The maximum atomic E-state index is 12.5. The van der Waals surface area contributed by atoms with Gasteiger partial charge in [-0.3, -0.25) is 13.8 Å². The molecule has 98 valence electrons. The van der Waals surface area contributed by atoms with Gasteiger partial charge in [-0.05, 0) is 30.7 Å². The molecule has 3 aromatic heterocycles. The molecule has 6 heteroatoms. The second-order valence-corrected chi connectivity index (χ2v) is 6.48. The van der Waals surface area contributed by atoms with Crippen molar-refractivity contribution in [1.29, 1.82) is 0 Å². The summed E-state index contributed by atoms with van der Waals surface area (Å²) >= 11 is 1.73. The van der Waals surface area contributed by atoms with E-state index in [4.69, 9.17) is 0 Å². The Morgan fingerprint density at radius 2 is 2.32 bits per heavy atom. The van der Waals surface area contributed by atoms with Crippen molar-refractivity contribution in [2.24, 2.45) is 13.0 Å². The Labute approximate surface area is 113 Å². The molecule has 19 heavy (non-hydrogen) atoms. The average Bonchev–Trinajstić information content (AvgIpc) is 2.99. The lowest BCUT2D eigenvalue weighted by molar-refractivity contribution is 0.509. The molecule has 1 atom stereocenters. The van der Waals surface area contributed by atoms with E-state index in [0.717, 1.165) is 23.1 Å². The van der Waals surface area contributed by atoms with Gasteiger partial charge in [-0.25, -0.2) is 0 Å². The predicted octanol–water partition coefficient (Wildman–Crippen LogP) is 1.77. The highest BCUT2D eigenvalue weighted by molar-refractivity contribution is 7.18. The third-order valence-electron chi connectivity index (χ3n) is 4.06. The zero-order chi connectivity index (χ0) is 13.1. The Morgan fingerprint density at radius 3 is 3.16 bits per heavy atom. The minimum absolute atomic E-state index is 0.0579. The molecular weight excluding hydrogens is 260 g/mol. The fraction of sp³-hybridized carbons (Fsp3) is 0.462. The van der Waals surface area contributed by atoms with Crippen LogP contribution in [-0.2, 0) is 19.9 Å². The SMILES string of the molecule is C[C@H]1CCc2c(sc3c2c(=O)n(C)c2nncn32)C1. The third-order valence-corrected chi connectivity index (χ3v) is 5.31. The zero-order valence-corrected chi connectivity index (χ0v) is 11.7. The van der Waals surface area contributed by atoms with Gasteiger partial charge in [-0.1, -0.05) is 6.92 Å². The van der Waals surface area contributed by atoms with E-state index < -0.39 is 0 Å². The molecule has 3 aromatic rings. The van der Waals surface area contributed by atoms with Crippen LogP contribution >= 0.6 is 11.3 Å². The standard InChI is InChI=1S/C13H14N4OS/c1-7-3-4-8-9(5-7)19-12-10(8)11(18)16(2)13-15-14-6-17(12)13/h6-7H,3-5H2,1-2H3/t7-/m0/s1. The summed E-state index contributed by atoms with van der Waals surface area (Å²) in [4.78, 5) is 14.9. The first-order valence-electron chi connectivity index (χ1n) is 6.49. The van der Waals surface area contributed by atoms with E-state index >= 15 is 0 Å². The Kier molecular flexibility index (Phi) is 2.15. The molecule has 0 saturated heterocycles. The molecule has 1 aliphatic rings. The van der Waals surface area contributed by atoms with Gasteiger partial charge in [0, 0.05) is 11.9 Å². The number of fused-ring (bicyclic) bond motifs is 5. The average molecular weight is 274 g/mol. The maximum Gasteiger partial charge on any atom is 0.263 e. The van der Waals surface area contributed by atoms with Crippen LogP contribution in [0.3, 0.4) is 0 Å². The molecule has 0 fully saturated rings. The lowest BCUT2D eigenvalue weighted by atomic mass is 9.89. The van der Waals surface area contributed by atoms with Crippen LogP contribution < -0.4 is 5.56 Å². The fourth-order valence-electron chi connectivity index (χ4n) is 2.99. The predicted molar refractivity (Wildman–Crippen MR) is 74.8 cm³/mol. The Bertz CT molecular complexity index is 857. The van der Waals surface area contributed by atoms with Crippen molar-refractivity contribution in [1.82, 2.24) is 19.2 Å². The summed E-state index contributed by atoms with van der Waals surface area (Å²) in [7, 11) is 1.77. The van der Waals surface area contributed by atoms with E-state index in [-0.39, 0.29) is 5.56 Å². The molecule has 0 aliphatic heterocycles. The number of hydrogen-bond acceptors (Lipinski definition) is 4. The fourth-order valence-corrected chi connectivity index (χ4v) is 4.45. The molecule has 0 unspecified atom stereocenters. The van der Waals surface area contributed by atoms with E-state index in [1.165, 1.54) is 16.9 Å². The van der Waals surface area contributed by atoms with Crippen LogP contribution in [0.5, 0.6) is 0 Å². The molecule has 3 heterocycles. The Balaban J connectivity index is 2.21. The van der Waals surface area contributed by atoms with Crippen LogP contribution in [-0.4, -0.2) is 19.2 Å². The highest BCUT2D eigenvalue weighted by Crippen LogP contribution is 2.36. The maximum absolute atomic E-state index is 12.5. The summed E-state index contributed by atoms with van der Waals surface area (Å²) in [6.45, 7) is 2.28. The summed E-state index contributed by atoms with van der Waals surface area (Å²) in [5.41, 5.74) is 1.32. The van der Waals surface area contributed by atoms with Gasteiger partial charge in [-0.2, -0.15) is 0 Å². The number of aryl methyl sites for hydroxylation is 2. The molecule has 0 bridgehead atoms. The van der Waals surface area contributed by atoms with E-state index in [0.29, 0.717) is 11.7 Å². The smallest absolute Gasteiger partial charge is 0.263 e. The lowest BCUT2D eigenvalue weighted by Gasteiger charge is -2.17. The molecule has 0 N–H and O–H groups in total. The number of hydrogen-bond donors (Lipinski definition) is 0. The van der Waals surface area contributed by atoms with Crippen molar-refractivity contribution < 1.29 is 0 Å². The first-order valence-corrected chi connectivity index (χ1v) is 7.31. The number of thiophene rings is 1. The highest BCUT2D eigenvalue weighted by Gasteiger charge is 2.24. The topological polar surface area (TPSA) is 52.2 Å². The summed E-state index contributed by atoms with van der Waals surface area (Å²) < 4.78 is 3.53. The molecule has 0 amide bonds. The Hall–Kier alpha value is -1.69. The molecule has 1 aliphatic carbocycles. The number of rotatable bonds is 0. The van der Waals surface area contributed by atoms with E-state index in [2.05, 4.69) is 17.1 Å². The van der Waals surface area contributed by atoms with Gasteiger partial charge in [0.25, 0.3) is 5.56 Å². The normalized spacial score (nSPS) is 19.2. The van der Waals surface area contributed by atoms with Crippen molar-refractivity contribution >= 4 is 27.3 Å². The van der Waals surface area contributed by atoms with Gasteiger partial charge in [0.1, 0.15) is 11.2 Å². The quantitative estimate of drug-likeness (QED) is 0.628. The first kappa shape index (κ1) is 11.2. The third kappa shape index (κ3) is 1.37. The van der Waals surface area contributed by atoms with E-state index in [1.807, 2.05) is 4.40 Å². The molecule has 4 rings (SSSR count). The van der Waals surface area contributed by atoms with Crippen molar-refractivity contribution in [2.75, 3.05) is 0 Å². The molecule has 5 nitrogen and oxygen atoms in total. The summed E-state index contributed by atoms with van der Waals surface area (Å²) in [5, 5.41) is 8.84. The molecule has 0 spiro atoms. The second-order valence-electron chi connectivity index (χ2n) is 5.40. The van der Waals surface area contributed by atoms with Crippen LogP contribution in [0.15, 0.2) is 11.1 Å². The van der Waals surface area contributed by atoms with Gasteiger partial charge in [0.05, 0.1) is 5.39 Å². The Morgan fingerprint density at radius 1 is 1.47 bits per heavy atom. The monoisotopic (exact) mass is 274 g/mol. The van der Waals surface area contributed by atoms with Gasteiger partial charge >= 0.3 is 0 Å². The number of aromatic nitrogens is 4. The number of nitrogens with zero attached hydrogens (tertiary/aromatic N) is 4. The molecule has 0 aromatic carbocycles. The van der Waals surface area contributed by atoms with Crippen LogP contribution in [0.25, 0.3) is 16.0 Å². The van der Waals surface area contributed by atoms with Crippen LogP contribution in [0.2, 0.25) is 0 Å². The van der Waals surface area contributed by atoms with E-state index in [1.54, 1.807) is 29.3 Å². The highest BCUT2D eigenvalue weighted by atomic mass is 32.1. The van der Waals surface area contributed by atoms with E-state index in [9.17, 15) is 4.79 Å². The molecule has 0 radical (unpaired) electrons. The van der Waals surface area contributed by atoms with Crippen LogP contribution in [0.4, 0.5) is 0 Å². The molecule has 0 saturated carbocycles. The summed E-state index contributed by atoms with van der Waals surface area (Å²) in [6.07, 6.45) is 4.96. The summed E-state index contributed by atoms with van der Waals surface area (Å²) in [5.74, 6) is 1.32. The summed E-state index contributed by atoms with van der Waals surface area (Å²) in [6, 6.07) is 0. The van der Waals surface area contributed by atoms with Crippen molar-refractivity contribution in [3.8, 4) is 0 Å². The first-order chi connectivity index (χ1) is 9.16. The zero-order valence-electron chi connectivity index (χ0n) is 10.9.